The minimum atomic E-state index is 0.122. The monoisotopic (exact) mass is 228 g/mol. The molecule has 4 heteroatoms. The van der Waals surface area contributed by atoms with Gasteiger partial charge in [0.1, 0.15) is 6.61 Å². The highest BCUT2D eigenvalue weighted by Crippen LogP contribution is 2.16. The second-order valence-electron chi connectivity index (χ2n) is 4.65. The molecule has 1 fully saturated rings. The fourth-order valence-electron chi connectivity index (χ4n) is 2.10. The zero-order chi connectivity index (χ0) is 12.0. The average molecular weight is 228 g/mol. The molecule has 1 heterocycles. The van der Waals surface area contributed by atoms with Crippen LogP contribution < -0.4 is 5.32 Å². The number of hydrogen-bond acceptors (Lipinski definition) is 3. The molecular formula is C12H24N2O2. The number of hydrogen-bond donors (Lipinski definition) is 1. The third kappa shape index (κ3) is 4.10. The normalized spacial score (nSPS) is 21.5. The number of carbonyl (C=O) groups is 1. The molecule has 1 amide bonds. The van der Waals surface area contributed by atoms with Gasteiger partial charge >= 0.3 is 0 Å². The van der Waals surface area contributed by atoms with Crippen LogP contribution in [0.5, 0.6) is 0 Å². The Morgan fingerprint density at radius 2 is 2.25 bits per heavy atom. The van der Waals surface area contributed by atoms with E-state index in [2.05, 4.69) is 5.32 Å². The summed E-state index contributed by atoms with van der Waals surface area (Å²) in [7, 11) is 1.93. The molecule has 0 aromatic carbocycles. The Labute approximate surface area is 98.3 Å². The lowest BCUT2D eigenvalue weighted by atomic mass is 10.0. The number of nitrogens with zero attached hydrogens (tertiary/aromatic N) is 1. The van der Waals surface area contributed by atoms with Crippen molar-refractivity contribution >= 4 is 5.91 Å². The van der Waals surface area contributed by atoms with Crippen LogP contribution in [0.3, 0.4) is 0 Å². The van der Waals surface area contributed by atoms with E-state index in [1.54, 1.807) is 0 Å². The summed E-state index contributed by atoms with van der Waals surface area (Å²) in [4.78, 5) is 13.9. The molecule has 1 N–H and O–H groups in total. The first kappa shape index (κ1) is 13.5. The first-order valence-corrected chi connectivity index (χ1v) is 6.20. The lowest BCUT2D eigenvalue weighted by Crippen LogP contribution is -2.49. The Hall–Kier alpha value is -0.610. The van der Waals surface area contributed by atoms with Crippen molar-refractivity contribution in [3.8, 4) is 0 Å². The summed E-state index contributed by atoms with van der Waals surface area (Å²) < 4.78 is 5.37. The van der Waals surface area contributed by atoms with Gasteiger partial charge in [0.2, 0.25) is 5.91 Å². The molecule has 94 valence electrons. The van der Waals surface area contributed by atoms with E-state index in [9.17, 15) is 4.79 Å². The van der Waals surface area contributed by atoms with Gasteiger partial charge in [0.15, 0.2) is 0 Å². The number of ether oxygens (including phenoxy) is 1. The number of carbonyl (C=O) groups excluding carboxylic acids is 1. The van der Waals surface area contributed by atoms with Crippen LogP contribution in [-0.2, 0) is 9.53 Å². The van der Waals surface area contributed by atoms with Crippen LogP contribution >= 0.6 is 0 Å². The first-order chi connectivity index (χ1) is 7.65. The summed E-state index contributed by atoms with van der Waals surface area (Å²) in [5.41, 5.74) is 0. The molecule has 1 saturated heterocycles. The SMILES string of the molecule is CNCC1CCCCN1C(=O)COC(C)C. The van der Waals surface area contributed by atoms with Gasteiger partial charge in [-0.25, -0.2) is 0 Å². The van der Waals surface area contributed by atoms with Crippen molar-refractivity contribution in [1.29, 1.82) is 0 Å². The second-order valence-corrected chi connectivity index (χ2v) is 4.65. The van der Waals surface area contributed by atoms with E-state index >= 15 is 0 Å². The van der Waals surface area contributed by atoms with Gasteiger partial charge in [-0.05, 0) is 40.2 Å². The zero-order valence-electron chi connectivity index (χ0n) is 10.7. The van der Waals surface area contributed by atoms with Gasteiger partial charge < -0.3 is 15.0 Å². The van der Waals surface area contributed by atoms with E-state index in [1.165, 1.54) is 6.42 Å². The minimum absolute atomic E-state index is 0.122. The highest BCUT2D eigenvalue weighted by Gasteiger charge is 2.25. The molecule has 1 rings (SSSR count). The maximum Gasteiger partial charge on any atom is 0.248 e. The van der Waals surface area contributed by atoms with Gasteiger partial charge in [0.25, 0.3) is 0 Å². The van der Waals surface area contributed by atoms with Crippen molar-refractivity contribution in [2.24, 2.45) is 0 Å². The molecule has 16 heavy (non-hydrogen) atoms. The summed E-state index contributed by atoms with van der Waals surface area (Å²) in [6.07, 6.45) is 3.57. The van der Waals surface area contributed by atoms with Crippen LogP contribution in [0, 0.1) is 0 Å². The lowest BCUT2D eigenvalue weighted by Gasteiger charge is -2.35. The van der Waals surface area contributed by atoms with Crippen LogP contribution in [0.2, 0.25) is 0 Å². The van der Waals surface area contributed by atoms with Crippen molar-refractivity contribution in [1.82, 2.24) is 10.2 Å². The fourth-order valence-corrected chi connectivity index (χ4v) is 2.10. The Bertz CT molecular complexity index is 217. The van der Waals surface area contributed by atoms with Crippen LogP contribution in [0.1, 0.15) is 33.1 Å². The predicted molar refractivity (Wildman–Crippen MR) is 64.4 cm³/mol. The summed E-state index contributed by atoms with van der Waals surface area (Å²) >= 11 is 0. The summed E-state index contributed by atoms with van der Waals surface area (Å²) in [5.74, 6) is 0.133. The highest BCUT2D eigenvalue weighted by molar-refractivity contribution is 5.78. The van der Waals surface area contributed by atoms with Crippen molar-refractivity contribution in [3.63, 3.8) is 0 Å². The van der Waals surface area contributed by atoms with E-state index < -0.39 is 0 Å². The standard InChI is InChI=1S/C12H24N2O2/c1-10(2)16-9-12(15)14-7-5-4-6-11(14)8-13-3/h10-11,13H,4-9H2,1-3H3. The van der Waals surface area contributed by atoms with Gasteiger partial charge in [-0.15, -0.1) is 0 Å². The molecule has 0 aromatic heterocycles. The third-order valence-corrected chi connectivity index (χ3v) is 2.93. The number of likely N-dealkylation sites (tertiary alicyclic amines) is 1. The molecule has 0 aliphatic carbocycles. The van der Waals surface area contributed by atoms with Crippen molar-refractivity contribution in [2.75, 3.05) is 26.7 Å². The van der Waals surface area contributed by atoms with Crippen LogP contribution in [0.15, 0.2) is 0 Å². The molecule has 0 aromatic rings. The average Bonchev–Trinajstić information content (AvgIpc) is 2.27. The Balaban J connectivity index is 2.43. The molecule has 0 saturated carbocycles. The van der Waals surface area contributed by atoms with Gasteiger partial charge in [0, 0.05) is 19.1 Å². The quantitative estimate of drug-likeness (QED) is 0.763. The molecule has 1 aliphatic rings. The van der Waals surface area contributed by atoms with E-state index in [1.807, 2.05) is 25.8 Å². The molecule has 4 nitrogen and oxygen atoms in total. The predicted octanol–water partition coefficient (Wildman–Crippen LogP) is 1.01. The number of nitrogens with one attached hydrogen (secondary N) is 1. The molecule has 1 aliphatic heterocycles. The van der Waals surface area contributed by atoms with E-state index in [0.717, 1.165) is 25.9 Å². The van der Waals surface area contributed by atoms with Crippen molar-refractivity contribution < 1.29 is 9.53 Å². The summed E-state index contributed by atoms with van der Waals surface area (Å²) in [6, 6.07) is 0.349. The zero-order valence-corrected chi connectivity index (χ0v) is 10.7. The van der Waals surface area contributed by atoms with Crippen LogP contribution in [0.25, 0.3) is 0 Å². The molecule has 1 unspecified atom stereocenters. The summed E-state index contributed by atoms with van der Waals surface area (Å²) in [6.45, 7) is 5.89. The van der Waals surface area contributed by atoms with Crippen molar-refractivity contribution in [3.05, 3.63) is 0 Å². The Morgan fingerprint density at radius 3 is 2.88 bits per heavy atom. The van der Waals surface area contributed by atoms with Gasteiger partial charge in [-0.3, -0.25) is 4.79 Å². The van der Waals surface area contributed by atoms with Crippen LogP contribution in [-0.4, -0.2) is 49.7 Å². The molecular weight excluding hydrogens is 204 g/mol. The maximum atomic E-state index is 12.0. The first-order valence-electron chi connectivity index (χ1n) is 6.20. The van der Waals surface area contributed by atoms with Gasteiger partial charge in [0.05, 0.1) is 6.10 Å². The minimum Gasteiger partial charge on any atom is -0.369 e. The van der Waals surface area contributed by atoms with E-state index in [-0.39, 0.29) is 18.6 Å². The molecule has 0 bridgehead atoms. The Kier molecular flexibility index (Phi) is 5.77. The third-order valence-electron chi connectivity index (χ3n) is 2.93. The van der Waals surface area contributed by atoms with Gasteiger partial charge in [-0.2, -0.15) is 0 Å². The topological polar surface area (TPSA) is 41.6 Å². The maximum absolute atomic E-state index is 12.0. The second kappa shape index (κ2) is 6.86. The number of rotatable bonds is 5. The van der Waals surface area contributed by atoms with E-state index in [4.69, 9.17) is 4.74 Å². The molecule has 0 radical (unpaired) electrons. The largest absolute Gasteiger partial charge is 0.369 e. The molecule has 1 atom stereocenters. The fraction of sp³-hybridized carbons (Fsp3) is 0.917. The highest BCUT2D eigenvalue weighted by atomic mass is 16.5. The van der Waals surface area contributed by atoms with E-state index in [0.29, 0.717) is 6.04 Å². The number of amides is 1. The summed E-state index contributed by atoms with van der Waals surface area (Å²) in [5, 5.41) is 3.15. The van der Waals surface area contributed by atoms with Crippen LogP contribution in [0.4, 0.5) is 0 Å². The Morgan fingerprint density at radius 1 is 1.50 bits per heavy atom. The lowest BCUT2D eigenvalue weighted by molar-refractivity contribution is -0.141. The van der Waals surface area contributed by atoms with Crippen molar-refractivity contribution in [2.45, 2.75) is 45.3 Å². The number of piperidine rings is 1. The number of likely N-dealkylation sites (N-methyl/N-ethyl adjacent to an activating group) is 1. The molecule has 0 spiro atoms. The van der Waals surface area contributed by atoms with Gasteiger partial charge in [-0.1, -0.05) is 0 Å². The smallest absolute Gasteiger partial charge is 0.248 e.